The molecule has 0 aliphatic carbocycles. The molecular formula is C18H14F6N2O2. The number of hydrogen-bond acceptors (Lipinski definition) is 2. The highest BCUT2D eigenvalue weighted by atomic mass is 19.4. The molecule has 2 amide bonds. The first-order valence-electron chi connectivity index (χ1n) is 7.81. The van der Waals surface area contributed by atoms with E-state index in [0.29, 0.717) is 12.1 Å². The first-order valence-corrected chi connectivity index (χ1v) is 7.81. The fraction of sp³-hybridized carbons (Fsp3) is 0.222. The average molecular weight is 404 g/mol. The minimum atomic E-state index is -4.58. The number of rotatable bonds is 5. The van der Waals surface area contributed by atoms with E-state index in [1.807, 2.05) is 0 Å². The van der Waals surface area contributed by atoms with Crippen molar-refractivity contribution in [1.29, 1.82) is 0 Å². The monoisotopic (exact) mass is 404 g/mol. The van der Waals surface area contributed by atoms with Crippen LogP contribution in [0.15, 0.2) is 48.5 Å². The van der Waals surface area contributed by atoms with Gasteiger partial charge in [0.2, 0.25) is 5.91 Å². The molecule has 4 nitrogen and oxygen atoms in total. The Hall–Kier alpha value is -3.04. The highest BCUT2D eigenvalue weighted by Gasteiger charge is 2.31. The Labute approximate surface area is 155 Å². The van der Waals surface area contributed by atoms with Crippen LogP contribution in [0.1, 0.15) is 27.0 Å². The third-order valence-corrected chi connectivity index (χ3v) is 3.82. The molecule has 10 heteroatoms. The number of nitrogens with two attached hydrogens (primary N) is 1. The first-order chi connectivity index (χ1) is 12.9. The van der Waals surface area contributed by atoms with E-state index in [9.17, 15) is 35.9 Å². The molecule has 3 N–H and O–H groups in total. The summed E-state index contributed by atoms with van der Waals surface area (Å²) in [5, 5.41) is 2.22. The SMILES string of the molecule is NC(=O)[C@@H](Cc1cccc(C(F)(F)F)c1)NC(=O)c1ccc(C(F)(F)F)cc1. The topological polar surface area (TPSA) is 72.2 Å². The summed E-state index contributed by atoms with van der Waals surface area (Å²) in [7, 11) is 0. The first kappa shape index (κ1) is 21.3. The van der Waals surface area contributed by atoms with Gasteiger partial charge in [-0.2, -0.15) is 26.3 Å². The minimum Gasteiger partial charge on any atom is -0.368 e. The van der Waals surface area contributed by atoms with Crippen LogP contribution in [0.25, 0.3) is 0 Å². The van der Waals surface area contributed by atoms with Crippen LogP contribution in [0.5, 0.6) is 0 Å². The van der Waals surface area contributed by atoms with Gasteiger partial charge in [-0.1, -0.05) is 18.2 Å². The lowest BCUT2D eigenvalue weighted by Crippen LogP contribution is -2.45. The van der Waals surface area contributed by atoms with Gasteiger partial charge in [0.25, 0.3) is 5.91 Å². The van der Waals surface area contributed by atoms with Crippen LogP contribution in [0.2, 0.25) is 0 Å². The van der Waals surface area contributed by atoms with Gasteiger partial charge in [0.15, 0.2) is 0 Å². The largest absolute Gasteiger partial charge is 0.416 e. The van der Waals surface area contributed by atoms with Gasteiger partial charge >= 0.3 is 12.4 Å². The van der Waals surface area contributed by atoms with Crippen molar-refractivity contribution in [3.63, 3.8) is 0 Å². The zero-order chi connectivity index (χ0) is 21.1. The Kier molecular flexibility index (Phi) is 6.01. The molecule has 0 heterocycles. The van der Waals surface area contributed by atoms with Crippen molar-refractivity contribution in [3.05, 3.63) is 70.8 Å². The van der Waals surface area contributed by atoms with Crippen molar-refractivity contribution in [2.24, 2.45) is 5.73 Å². The van der Waals surface area contributed by atoms with Crippen LogP contribution in [0, 0.1) is 0 Å². The van der Waals surface area contributed by atoms with Crippen LogP contribution in [0.4, 0.5) is 26.3 Å². The second kappa shape index (κ2) is 7.91. The zero-order valence-electron chi connectivity index (χ0n) is 14.1. The van der Waals surface area contributed by atoms with Crippen LogP contribution in [0.3, 0.4) is 0 Å². The maximum atomic E-state index is 12.8. The zero-order valence-corrected chi connectivity index (χ0v) is 14.1. The molecule has 0 unspecified atom stereocenters. The molecule has 0 aromatic heterocycles. The minimum absolute atomic E-state index is 0.103. The smallest absolute Gasteiger partial charge is 0.368 e. The quantitative estimate of drug-likeness (QED) is 0.749. The van der Waals surface area contributed by atoms with E-state index >= 15 is 0 Å². The number of nitrogens with one attached hydrogen (secondary N) is 1. The lowest BCUT2D eigenvalue weighted by molar-refractivity contribution is -0.138. The van der Waals surface area contributed by atoms with Crippen LogP contribution < -0.4 is 11.1 Å². The average Bonchev–Trinajstić information content (AvgIpc) is 2.60. The summed E-state index contributed by atoms with van der Waals surface area (Å²) in [4.78, 5) is 23.7. The molecular weight excluding hydrogens is 390 g/mol. The number of carbonyl (C=O) groups excluding carboxylic acids is 2. The Bertz CT molecular complexity index is 860. The number of amides is 2. The molecule has 0 bridgehead atoms. The maximum Gasteiger partial charge on any atom is 0.416 e. The second-order valence-corrected chi connectivity index (χ2v) is 5.91. The van der Waals surface area contributed by atoms with Crippen LogP contribution in [-0.2, 0) is 23.6 Å². The fourth-order valence-electron chi connectivity index (χ4n) is 2.39. The standard InChI is InChI=1S/C18H14F6N2O2/c19-17(20,21)12-6-4-11(5-7-12)16(28)26-14(15(25)27)9-10-2-1-3-13(8-10)18(22,23)24/h1-8,14H,9H2,(H2,25,27)(H,26,28)/t14-/m1/s1. The Balaban J connectivity index is 2.15. The molecule has 0 aliphatic rings. The predicted molar refractivity (Wildman–Crippen MR) is 87.0 cm³/mol. The summed E-state index contributed by atoms with van der Waals surface area (Å²) in [5.74, 6) is -1.89. The summed E-state index contributed by atoms with van der Waals surface area (Å²) in [6.07, 6.45) is -9.47. The molecule has 150 valence electrons. The normalized spacial score (nSPS) is 13.1. The lowest BCUT2D eigenvalue weighted by atomic mass is 10.0. The molecule has 0 radical (unpaired) electrons. The summed E-state index contributed by atoms with van der Waals surface area (Å²) in [6, 6.07) is 6.02. The van der Waals surface area contributed by atoms with Crippen molar-refractivity contribution >= 4 is 11.8 Å². The fourth-order valence-corrected chi connectivity index (χ4v) is 2.39. The number of primary amides is 1. The predicted octanol–water partition coefficient (Wildman–Crippen LogP) is 3.55. The number of hydrogen-bond donors (Lipinski definition) is 2. The van der Waals surface area contributed by atoms with E-state index in [1.54, 1.807) is 0 Å². The van der Waals surface area contributed by atoms with Crippen molar-refractivity contribution in [2.75, 3.05) is 0 Å². The third-order valence-electron chi connectivity index (χ3n) is 3.82. The van der Waals surface area contributed by atoms with Gasteiger partial charge in [0.1, 0.15) is 6.04 Å². The maximum absolute atomic E-state index is 12.8. The van der Waals surface area contributed by atoms with E-state index in [4.69, 9.17) is 5.73 Å². The Morgan fingerprint density at radius 3 is 1.96 bits per heavy atom. The summed E-state index contributed by atoms with van der Waals surface area (Å²) in [5.41, 5.74) is 3.24. The molecule has 1 atom stereocenters. The summed E-state index contributed by atoms with van der Waals surface area (Å²) >= 11 is 0. The summed E-state index contributed by atoms with van der Waals surface area (Å²) in [6.45, 7) is 0. The van der Waals surface area contributed by atoms with Gasteiger partial charge in [0, 0.05) is 12.0 Å². The molecule has 0 saturated heterocycles. The molecule has 2 rings (SSSR count). The Morgan fingerprint density at radius 2 is 1.46 bits per heavy atom. The van der Waals surface area contributed by atoms with E-state index in [2.05, 4.69) is 5.32 Å². The molecule has 2 aromatic carbocycles. The number of carbonyl (C=O) groups is 2. The van der Waals surface area contributed by atoms with Gasteiger partial charge in [0.05, 0.1) is 11.1 Å². The van der Waals surface area contributed by atoms with Crippen molar-refractivity contribution in [2.45, 2.75) is 24.8 Å². The molecule has 2 aromatic rings. The van der Waals surface area contributed by atoms with Crippen LogP contribution in [-0.4, -0.2) is 17.9 Å². The molecule has 0 aliphatic heterocycles. The van der Waals surface area contributed by atoms with E-state index < -0.39 is 41.3 Å². The van der Waals surface area contributed by atoms with Crippen LogP contribution >= 0.6 is 0 Å². The third kappa shape index (κ3) is 5.48. The lowest BCUT2D eigenvalue weighted by Gasteiger charge is -2.17. The summed E-state index contributed by atoms with van der Waals surface area (Å²) < 4.78 is 76.0. The van der Waals surface area contributed by atoms with Crippen molar-refractivity contribution < 1.29 is 35.9 Å². The van der Waals surface area contributed by atoms with Crippen molar-refractivity contribution in [1.82, 2.24) is 5.32 Å². The van der Waals surface area contributed by atoms with Gasteiger partial charge < -0.3 is 11.1 Å². The van der Waals surface area contributed by atoms with Gasteiger partial charge in [-0.15, -0.1) is 0 Å². The molecule has 0 spiro atoms. The van der Waals surface area contributed by atoms with Crippen molar-refractivity contribution in [3.8, 4) is 0 Å². The molecule has 0 saturated carbocycles. The molecule has 0 fully saturated rings. The van der Waals surface area contributed by atoms with Gasteiger partial charge in [-0.05, 0) is 35.9 Å². The number of benzene rings is 2. The second-order valence-electron chi connectivity index (χ2n) is 5.91. The highest BCUT2D eigenvalue weighted by Crippen LogP contribution is 2.30. The van der Waals surface area contributed by atoms with E-state index in [0.717, 1.165) is 30.3 Å². The van der Waals surface area contributed by atoms with E-state index in [1.165, 1.54) is 6.07 Å². The van der Waals surface area contributed by atoms with Gasteiger partial charge in [-0.25, -0.2) is 0 Å². The highest BCUT2D eigenvalue weighted by molar-refractivity contribution is 5.97. The van der Waals surface area contributed by atoms with Gasteiger partial charge in [-0.3, -0.25) is 9.59 Å². The number of halogens is 6. The molecule has 28 heavy (non-hydrogen) atoms. The number of alkyl halides is 6. The van der Waals surface area contributed by atoms with E-state index in [-0.39, 0.29) is 17.5 Å². The Morgan fingerprint density at radius 1 is 0.893 bits per heavy atom.